The lowest BCUT2D eigenvalue weighted by Crippen LogP contribution is -2.25. The molecule has 118 valence electrons. The van der Waals surface area contributed by atoms with Crippen LogP contribution in [0.3, 0.4) is 0 Å². The molecule has 0 heterocycles. The van der Waals surface area contributed by atoms with Gasteiger partial charge in [-0.2, -0.15) is 4.99 Å². The fourth-order valence-corrected chi connectivity index (χ4v) is 2.09. The molecule has 2 rings (SSSR count). The molecule has 0 radical (unpaired) electrons. The number of aliphatic hydroxyl groups is 1. The Morgan fingerprint density at radius 1 is 1.00 bits per heavy atom. The van der Waals surface area contributed by atoms with Crippen LogP contribution >= 0.6 is 0 Å². The smallest absolute Gasteiger partial charge is 0.433 e. The maximum atomic E-state index is 12.2. The van der Waals surface area contributed by atoms with E-state index in [4.69, 9.17) is 0 Å². The zero-order valence-electron chi connectivity index (χ0n) is 12.7. The third kappa shape index (κ3) is 4.59. The van der Waals surface area contributed by atoms with E-state index in [-0.39, 0.29) is 6.42 Å². The molecule has 2 aromatic carbocycles. The normalized spacial score (nSPS) is 12.5. The number of nitrogens with zero attached hydrogens (tertiary/aromatic N) is 1. The van der Waals surface area contributed by atoms with Crippen molar-refractivity contribution in [3.63, 3.8) is 0 Å². The number of amides is 1. The summed E-state index contributed by atoms with van der Waals surface area (Å²) < 4.78 is 4.54. The Morgan fingerprint density at radius 3 is 2.04 bits per heavy atom. The van der Waals surface area contributed by atoms with Gasteiger partial charge in [-0.3, -0.25) is 4.79 Å². The largest absolute Gasteiger partial charge is 0.451 e. The molecule has 2 aromatic rings. The molecular formula is C18H17NO4. The Hall–Kier alpha value is -2.79. The zero-order chi connectivity index (χ0) is 16.7. The van der Waals surface area contributed by atoms with Gasteiger partial charge in [-0.25, -0.2) is 4.79 Å². The van der Waals surface area contributed by atoms with Crippen molar-refractivity contribution in [1.29, 1.82) is 0 Å². The van der Waals surface area contributed by atoms with Gasteiger partial charge in [-0.1, -0.05) is 60.7 Å². The topological polar surface area (TPSA) is 76.0 Å². The maximum Gasteiger partial charge on any atom is 0.433 e. The molecule has 0 bridgehead atoms. The van der Waals surface area contributed by atoms with Gasteiger partial charge in [0.25, 0.3) is 0 Å². The van der Waals surface area contributed by atoms with Crippen molar-refractivity contribution in [1.82, 2.24) is 0 Å². The van der Waals surface area contributed by atoms with Crippen LogP contribution in [0.15, 0.2) is 65.7 Å². The number of benzene rings is 2. The van der Waals surface area contributed by atoms with Crippen molar-refractivity contribution in [2.75, 3.05) is 7.11 Å². The molecule has 0 saturated carbocycles. The predicted octanol–water partition coefficient (Wildman–Crippen LogP) is 2.88. The molecule has 5 nitrogen and oxygen atoms in total. The Balaban J connectivity index is 2.22. The van der Waals surface area contributed by atoms with Crippen LogP contribution in [0, 0.1) is 0 Å². The Bertz CT molecular complexity index is 695. The van der Waals surface area contributed by atoms with E-state index in [2.05, 4.69) is 9.73 Å². The molecule has 0 aromatic heterocycles. The molecule has 1 N–H and O–H groups in total. The lowest BCUT2D eigenvalue weighted by atomic mass is 9.98. The second-order valence-electron chi connectivity index (χ2n) is 4.84. The van der Waals surface area contributed by atoms with Gasteiger partial charge < -0.3 is 9.84 Å². The molecule has 0 saturated heterocycles. The van der Waals surface area contributed by atoms with Gasteiger partial charge in [-0.05, 0) is 5.56 Å². The van der Waals surface area contributed by atoms with Crippen molar-refractivity contribution < 1.29 is 19.4 Å². The van der Waals surface area contributed by atoms with E-state index in [0.29, 0.717) is 16.8 Å². The van der Waals surface area contributed by atoms with Crippen LogP contribution in [0.4, 0.5) is 4.79 Å². The van der Waals surface area contributed by atoms with Crippen LogP contribution in [0.5, 0.6) is 0 Å². The number of ketones is 1. The molecule has 0 aliphatic rings. The molecule has 23 heavy (non-hydrogen) atoms. The number of carbonyl (C=O) groups is 2. The highest BCUT2D eigenvalue weighted by molar-refractivity contribution is 6.09. The predicted molar refractivity (Wildman–Crippen MR) is 86.8 cm³/mol. The van der Waals surface area contributed by atoms with Crippen LogP contribution in [0.1, 0.15) is 22.3 Å². The summed E-state index contributed by atoms with van der Waals surface area (Å²) >= 11 is 0. The number of carbonyl (C=O) groups excluding carboxylic acids is 2. The Kier molecular flexibility index (Phi) is 5.77. The van der Waals surface area contributed by atoms with Crippen molar-refractivity contribution in [3.8, 4) is 0 Å². The average molecular weight is 311 g/mol. The minimum Gasteiger partial charge on any atom is -0.451 e. The summed E-state index contributed by atoms with van der Waals surface area (Å²) in [6, 6.07) is 17.4. The van der Waals surface area contributed by atoms with E-state index in [9.17, 15) is 14.7 Å². The number of hydrogen-bond acceptors (Lipinski definition) is 4. The number of rotatable bonds is 5. The van der Waals surface area contributed by atoms with E-state index >= 15 is 0 Å². The van der Waals surface area contributed by atoms with Gasteiger partial charge in [0.2, 0.25) is 0 Å². The molecular weight excluding hydrogens is 294 g/mol. The van der Waals surface area contributed by atoms with E-state index in [1.165, 1.54) is 7.11 Å². The van der Waals surface area contributed by atoms with Gasteiger partial charge >= 0.3 is 6.09 Å². The van der Waals surface area contributed by atoms with E-state index in [0.717, 1.165) is 0 Å². The van der Waals surface area contributed by atoms with Crippen LogP contribution in [-0.4, -0.2) is 35.9 Å². The lowest BCUT2D eigenvalue weighted by Gasteiger charge is -2.12. The van der Waals surface area contributed by atoms with E-state index in [1.807, 2.05) is 6.07 Å². The van der Waals surface area contributed by atoms with Gasteiger partial charge in [0, 0.05) is 12.0 Å². The first-order valence-corrected chi connectivity index (χ1v) is 7.10. The minimum atomic E-state index is -1.29. The van der Waals surface area contributed by atoms with Crippen molar-refractivity contribution in [2.24, 2.45) is 4.99 Å². The summed E-state index contributed by atoms with van der Waals surface area (Å²) in [5.41, 5.74) is 1.36. The average Bonchev–Trinajstić information content (AvgIpc) is 2.61. The SMILES string of the molecule is COC(=O)/N=C(/CC(O)C(=O)c1ccccc1)c1ccccc1. The lowest BCUT2D eigenvalue weighted by molar-refractivity contribution is 0.0760. The fourth-order valence-electron chi connectivity index (χ4n) is 2.09. The first-order chi connectivity index (χ1) is 11.1. The Labute approximate surface area is 134 Å². The summed E-state index contributed by atoms with van der Waals surface area (Å²) in [5.74, 6) is -0.418. The number of ether oxygens (including phenoxy) is 1. The fraction of sp³-hybridized carbons (Fsp3) is 0.167. The summed E-state index contributed by atoms with van der Waals surface area (Å²) in [4.78, 5) is 27.5. The third-order valence-electron chi connectivity index (χ3n) is 3.26. The van der Waals surface area contributed by atoms with Crippen LogP contribution in [0.25, 0.3) is 0 Å². The van der Waals surface area contributed by atoms with Gasteiger partial charge in [0.1, 0.15) is 6.10 Å². The van der Waals surface area contributed by atoms with Crippen molar-refractivity contribution in [2.45, 2.75) is 12.5 Å². The molecule has 5 heteroatoms. The first-order valence-electron chi connectivity index (χ1n) is 7.10. The maximum absolute atomic E-state index is 12.2. The minimum absolute atomic E-state index is 0.0765. The highest BCUT2D eigenvalue weighted by Gasteiger charge is 2.20. The molecule has 0 aliphatic heterocycles. The molecule has 1 atom stereocenters. The highest BCUT2D eigenvalue weighted by atomic mass is 16.5. The van der Waals surface area contributed by atoms with Gasteiger partial charge in [0.05, 0.1) is 12.8 Å². The third-order valence-corrected chi connectivity index (χ3v) is 3.26. The van der Waals surface area contributed by atoms with Gasteiger partial charge in [-0.15, -0.1) is 0 Å². The quantitative estimate of drug-likeness (QED) is 0.680. The van der Waals surface area contributed by atoms with Crippen molar-refractivity contribution >= 4 is 17.6 Å². The number of hydrogen-bond donors (Lipinski definition) is 1. The monoisotopic (exact) mass is 311 g/mol. The highest BCUT2D eigenvalue weighted by Crippen LogP contribution is 2.12. The number of aliphatic imine (C=N–C) groups is 1. The van der Waals surface area contributed by atoms with E-state index < -0.39 is 18.0 Å². The molecule has 1 unspecified atom stereocenters. The molecule has 0 aliphatic carbocycles. The van der Waals surface area contributed by atoms with E-state index in [1.54, 1.807) is 54.6 Å². The second kappa shape index (κ2) is 8.00. The first kappa shape index (κ1) is 16.6. The van der Waals surface area contributed by atoms with Crippen LogP contribution in [-0.2, 0) is 4.74 Å². The van der Waals surface area contributed by atoms with Crippen molar-refractivity contribution in [3.05, 3.63) is 71.8 Å². The van der Waals surface area contributed by atoms with Crippen LogP contribution < -0.4 is 0 Å². The standard InChI is InChI=1S/C18H17NO4/c1-23-18(22)19-15(13-8-4-2-5-9-13)12-16(20)17(21)14-10-6-3-7-11-14/h2-11,16,20H,12H2,1H3/b19-15-. The zero-order valence-corrected chi connectivity index (χ0v) is 12.7. The molecule has 1 amide bonds. The summed E-state index contributed by atoms with van der Waals surface area (Å²) in [6.45, 7) is 0. The number of aliphatic hydroxyl groups excluding tert-OH is 1. The summed E-state index contributed by atoms with van der Waals surface area (Å²) in [6.07, 6.45) is -2.14. The van der Waals surface area contributed by atoms with Crippen LogP contribution in [0.2, 0.25) is 0 Å². The molecule has 0 fully saturated rings. The Morgan fingerprint density at radius 2 is 1.52 bits per heavy atom. The summed E-state index contributed by atoms with van der Waals surface area (Å²) in [5, 5.41) is 10.2. The number of methoxy groups -OCH3 is 1. The number of Topliss-reactive ketones (excluding diaryl/α,β-unsaturated/α-hetero) is 1. The second-order valence-corrected chi connectivity index (χ2v) is 4.84. The summed E-state index contributed by atoms with van der Waals surface area (Å²) in [7, 11) is 1.22. The molecule has 0 spiro atoms. The van der Waals surface area contributed by atoms with Gasteiger partial charge in [0.15, 0.2) is 5.78 Å².